The summed E-state index contributed by atoms with van der Waals surface area (Å²) in [6.07, 6.45) is 4.58. The van der Waals surface area contributed by atoms with Crippen molar-refractivity contribution >= 4 is 40.1 Å². The molecule has 3 aromatic rings. The lowest BCUT2D eigenvalue weighted by molar-refractivity contribution is 0.199. The highest BCUT2D eigenvalue weighted by Gasteiger charge is 2.26. The molecule has 1 saturated heterocycles. The van der Waals surface area contributed by atoms with Gasteiger partial charge in [0.25, 0.3) is 0 Å². The molecule has 1 aliphatic rings. The van der Waals surface area contributed by atoms with E-state index < -0.39 is 0 Å². The Morgan fingerprint density at radius 3 is 2.61 bits per heavy atom. The van der Waals surface area contributed by atoms with Crippen molar-refractivity contribution in [1.82, 2.24) is 20.5 Å². The Balaban J connectivity index is 1.37. The number of hydrogen-bond donors (Lipinski definition) is 3. The van der Waals surface area contributed by atoms with E-state index in [1.165, 1.54) is 11.3 Å². The molecule has 1 fully saturated rings. The van der Waals surface area contributed by atoms with E-state index in [9.17, 15) is 9.18 Å². The first-order valence-corrected chi connectivity index (χ1v) is 13.6. The fraction of sp³-hybridized carbons (Fsp3) is 0.464. The fourth-order valence-electron chi connectivity index (χ4n) is 5.35. The largest absolute Gasteiger partial charge is 0.358 e. The van der Waals surface area contributed by atoms with Crippen molar-refractivity contribution in [1.29, 1.82) is 0 Å². The van der Waals surface area contributed by atoms with Gasteiger partial charge in [-0.3, -0.25) is 0 Å². The van der Waals surface area contributed by atoms with Crippen molar-refractivity contribution in [3.05, 3.63) is 69.1 Å². The lowest BCUT2D eigenvalue weighted by Crippen LogP contribution is -2.45. The maximum atomic E-state index is 13.8. The Hall–Kier alpha value is -2.28. The van der Waals surface area contributed by atoms with Crippen LogP contribution in [0.15, 0.2) is 36.4 Å². The number of carbonyl (C=O) groups excluding carboxylic acids is 1. The summed E-state index contributed by atoms with van der Waals surface area (Å²) in [6.45, 7) is 7.55. The molecule has 3 N–H and O–H groups in total. The van der Waals surface area contributed by atoms with E-state index in [0.717, 1.165) is 61.8 Å². The number of H-pyrrole nitrogens is 1. The summed E-state index contributed by atoms with van der Waals surface area (Å²) in [5.41, 5.74) is 4.53. The van der Waals surface area contributed by atoms with Gasteiger partial charge in [0.1, 0.15) is 5.82 Å². The van der Waals surface area contributed by atoms with Crippen LogP contribution in [-0.2, 0) is 12.8 Å². The predicted octanol–water partition coefficient (Wildman–Crippen LogP) is 6.68. The van der Waals surface area contributed by atoms with Crippen LogP contribution in [0, 0.1) is 5.82 Å². The number of nitrogens with one attached hydrogen (secondary N) is 3. The van der Waals surface area contributed by atoms with Crippen molar-refractivity contribution < 1.29 is 9.18 Å². The van der Waals surface area contributed by atoms with Gasteiger partial charge in [0.15, 0.2) is 0 Å². The van der Waals surface area contributed by atoms with Crippen LogP contribution < -0.4 is 10.6 Å². The summed E-state index contributed by atoms with van der Waals surface area (Å²) in [5.74, 6) is 0.264. The molecule has 2 aromatic carbocycles. The number of nitrogens with zero attached hydrogens (tertiary/aromatic N) is 1. The molecular formula is C28H35Cl2FN4O. The Kier molecular flexibility index (Phi) is 9.15. The highest BCUT2D eigenvalue weighted by Crippen LogP contribution is 2.36. The lowest BCUT2D eigenvalue weighted by Gasteiger charge is -2.33. The minimum Gasteiger partial charge on any atom is -0.358 e. The third-order valence-corrected chi connectivity index (χ3v) is 7.90. The maximum absolute atomic E-state index is 13.8. The van der Waals surface area contributed by atoms with E-state index in [1.54, 1.807) is 18.2 Å². The number of amides is 2. The van der Waals surface area contributed by atoms with Gasteiger partial charge in [-0.2, -0.15) is 0 Å². The van der Waals surface area contributed by atoms with Crippen molar-refractivity contribution in [2.75, 3.05) is 26.2 Å². The van der Waals surface area contributed by atoms with Crippen LogP contribution in [0.1, 0.15) is 55.8 Å². The second-order valence-corrected chi connectivity index (χ2v) is 10.4. The van der Waals surface area contributed by atoms with E-state index in [4.69, 9.17) is 23.2 Å². The highest BCUT2D eigenvalue weighted by atomic mass is 35.5. The molecule has 0 unspecified atom stereocenters. The van der Waals surface area contributed by atoms with Crippen LogP contribution in [0.5, 0.6) is 0 Å². The molecule has 1 aliphatic heterocycles. The molecule has 194 valence electrons. The topological polar surface area (TPSA) is 60.2 Å². The van der Waals surface area contributed by atoms with E-state index in [-0.39, 0.29) is 17.9 Å². The molecule has 2 heterocycles. The molecule has 0 bridgehead atoms. The highest BCUT2D eigenvalue weighted by molar-refractivity contribution is 6.42. The number of halogens is 3. The molecule has 0 radical (unpaired) electrons. The third kappa shape index (κ3) is 6.53. The molecule has 4 rings (SSSR count). The maximum Gasteiger partial charge on any atom is 0.315 e. The second kappa shape index (κ2) is 12.3. The zero-order valence-corrected chi connectivity index (χ0v) is 22.5. The number of rotatable bonds is 9. The van der Waals surface area contributed by atoms with Gasteiger partial charge in [-0.25, -0.2) is 9.18 Å². The number of carbonyl (C=O) groups is 1. The van der Waals surface area contributed by atoms with Gasteiger partial charge in [-0.15, -0.1) is 0 Å². The van der Waals surface area contributed by atoms with E-state index >= 15 is 0 Å². The van der Waals surface area contributed by atoms with Crippen LogP contribution in [-0.4, -0.2) is 48.1 Å². The first-order valence-electron chi connectivity index (χ1n) is 12.9. The minimum atomic E-state index is -0.204. The van der Waals surface area contributed by atoms with Gasteiger partial charge in [-0.1, -0.05) is 36.2 Å². The number of aromatic amines is 1. The number of aromatic nitrogens is 1. The number of piperidine rings is 1. The van der Waals surface area contributed by atoms with Gasteiger partial charge >= 0.3 is 6.03 Å². The average Bonchev–Trinajstić information content (AvgIpc) is 3.23. The van der Waals surface area contributed by atoms with Crippen molar-refractivity contribution in [3.63, 3.8) is 0 Å². The predicted molar refractivity (Wildman–Crippen MR) is 147 cm³/mol. The van der Waals surface area contributed by atoms with Gasteiger partial charge in [0.05, 0.1) is 10.0 Å². The smallest absolute Gasteiger partial charge is 0.315 e. The number of urea groups is 1. The summed E-state index contributed by atoms with van der Waals surface area (Å²) in [6, 6.07) is 10.6. The number of benzene rings is 2. The average molecular weight is 534 g/mol. The van der Waals surface area contributed by atoms with Crippen molar-refractivity contribution in [2.24, 2.45) is 0 Å². The van der Waals surface area contributed by atoms with Crippen LogP contribution in [0.2, 0.25) is 10.0 Å². The van der Waals surface area contributed by atoms with Gasteiger partial charge in [-0.05, 0) is 99.5 Å². The monoisotopic (exact) mass is 532 g/mol. The molecule has 0 saturated carbocycles. The van der Waals surface area contributed by atoms with Crippen LogP contribution in [0.4, 0.5) is 9.18 Å². The Bertz CT molecular complexity index is 1190. The molecule has 0 aliphatic carbocycles. The van der Waals surface area contributed by atoms with E-state index in [0.29, 0.717) is 28.9 Å². The molecular weight excluding hydrogens is 498 g/mol. The summed E-state index contributed by atoms with van der Waals surface area (Å²) in [5, 5.41) is 8.17. The lowest BCUT2D eigenvalue weighted by atomic mass is 9.86. The fourth-order valence-corrected chi connectivity index (χ4v) is 5.67. The van der Waals surface area contributed by atoms with Gasteiger partial charge in [0, 0.05) is 35.7 Å². The SMILES string of the molecule is CCNC(=O)N[C@@H](CCN1CCC(c2c(CC)[nH]c3cc(F)ccc23)CC1)Cc1ccc(Cl)c(Cl)c1. The summed E-state index contributed by atoms with van der Waals surface area (Å²) in [7, 11) is 0. The Morgan fingerprint density at radius 1 is 1.14 bits per heavy atom. The standard InChI is InChI=1S/C28H35Cl2FN4O/c1-3-25-27(22-7-6-20(31)17-26(22)34-25)19-9-12-35(13-10-19)14-11-21(33-28(36)32-4-2)15-18-5-8-23(29)24(30)16-18/h5-8,16-17,19,21,34H,3-4,9-15H2,1-2H3,(H2,32,33,36)/t21-/m0/s1. The van der Waals surface area contributed by atoms with E-state index in [1.807, 2.05) is 25.1 Å². The molecule has 1 atom stereocenters. The quantitative estimate of drug-likeness (QED) is 0.288. The van der Waals surface area contributed by atoms with Crippen LogP contribution in [0.25, 0.3) is 10.9 Å². The molecule has 2 amide bonds. The van der Waals surface area contributed by atoms with Crippen LogP contribution in [0.3, 0.4) is 0 Å². The third-order valence-electron chi connectivity index (χ3n) is 7.16. The minimum absolute atomic E-state index is 0.0123. The first kappa shape index (κ1) is 26.8. The normalized spacial score (nSPS) is 15.8. The Labute approximate surface area is 222 Å². The molecule has 1 aromatic heterocycles. The number of aryl methyl sites for hydroxylation is 1. The number of likely N-dealkylation sites (tertiary alicyclic amines) is 1. The zero-order chi connectivity index (χ0) is 25.7. The second-order valence-electron chi connectivity index (χ2n) is 9.62. The molecule has 5 nitrogen and oxygen atoms in total. The summed E-state index contributed by atoms with van der Waals surface area (Å²) < 4.78 is 13.8. The number of hydrogen-bond acceptors (Lipinski definition) is 2. The summed E-state index contributed by atoms with van der Waals surface area (Å²) in [4.78, 5) is 18.2. The zero-order valence-electron chi connectivity index (χ0n) is 21.0. The van der Waals surface area contributed by atoms with Gasteiger partial charge in [0.2, 0.25) is 0 Å². The molecule has 8 heteroatoms. The van der Waals surface area contributed by atoms with Crippen molar-refractivity contribution in [2.45, 2.75) is 57.9 Å². The molecule has 0 spiro atoms. The first-order chi connectivity index (χ1) is 17.4. The summed E-state index contributed by atoms with van der Waals surface area (Å²) >= 11 is 12.3. The number of fused-ring (bicyclic) bond motifs is 1. The van der Waals surface area contributed by atoms with Gasteiger partial charge < -0.3 is 20.5 Å². The molecule has 36 heavy (non-hydrogen) atoms. The van der Waals surface area contributed by atoms with E-state index in [2.05, 4.69) is 27.4 Å². The van der Waals surface area contributed by atoms with Crippen molar-refractivity contribution in [3.8, 4) is 0 Å². The van der Waals surface area contributed by atoms with Crippen LogP contribution >= 0.6 is 23.2 Å². The Morgan fingerprint density at radius 2 is 1.92 bits per heavy atom.